The predicted molar refractivity (Wildman–Crippen MR) is 129 cm³/mol. The van der Waals surface area contributed by atoms with Gasteiger partial charge in [-0.3, -0.25) is 9.59 Å². The molecule has 3 aromatic carbocycles. The second-order valence-electron chi connectivity index (χ2n) is 7.62. The van der Waals surface area contributed by atoms with E-state index in [0.717, 1.165) is 16.1 Å². The minimum absolute atomic E-state index is 0.299. The first-order valence-corrected chi connectivity index (χ1v) is 12.3. The van der Waals surface area contributed by atoms with Crippen LogP contribution in [0, 0.1) is 0 Å². The summed E-state index contributed by atoms with van der Waals surface area (Å²) in [6, 6.07) is 24.0. The number of benzene rings is 3. The van der Waals surface area contributed by atoms with Gasteiger partial charge >= 0.3 is 0 Å². The van der Waals surface area contributed by atoms with Crippen LogP contribution in [0.15, 0.2) is 84.9 Å². The molecule has 0 aliphatic heterocycles. The molecule has 8 heteroatoms. The molecule has 2 amide bonds. The van der Waals surface area contributed by atoms with E-state index >= 15 is 0 Å². The lowest BCUT2D eigenvalue weighted by Gasteiger charge is -2.26. The third-order valence-electron chi connectivity index (χ3n) is 5.22. The first-order valence-electron chi connectivity index (χ1n) is 10.5. The summed E-state index contributed by atoms with van der Waals surface area (Å²) in [5.74, 6) is -0.881. The van der Waals surface area contributed by atoms with Crippen LogP contribution in [0.25, 0.3) is 0 Å². The van der Waals surface area contributed by atoms with Crippen molar-refractivity contribution in [1.29, 1.82) is 0 Å². The SMILES string of the molecule is CN(C(C(=O)Nc1ccccc1C(=O)NCCc1ccccc1)c1ccccc1)S(C)(=O)=O. The second kappa shape index (κ2) is 10.9. The zero-order valence-electron chi connectivity index (χ0n) is 18.6. The summed E-state index contributed by atoms with van der Waals surface area (Å²) in [5.41, 5.74) is 2.23. The lowest BCUT2D eigenvalue weighted by atomic mass is 10.1. The molecule has 0 saturated carbocycles. The Hall–Kier alpha value is -3.49. The lowest BCUT2D eigenvalue weighted by molar-refractivity contribution is -0.119. The number of rotatable bonds is 9. The van der Waals surface area contributed by atoms with E-state index in [2.05, 4.69) is 10.6 Å². The molecule has 0 heterocycles. The van der Waals surface area contributed by atoms with E-state index in [4.69, 9.17) is 0 Å². The van der Waals surface area contributed by atoms with Gasteiger partial charge in [-0.1, -0.05) is 72.8 Å². The van der Waals surface area contributed by atoms with Crippen molar-refractivity contribution >= 4 is 27.5 Å². The van der Waals surface area contributed by atoms with Gasteiger partial charge in [0, 0.05) is 13.6 Å². The summed E-state index contributed by atoms with van der Waals surface area (Å²) in [6.45, 7) is 0.439. The third-order valence-corrected chi connectivity index (χ3v) is 6.48. The maximum absolute atomic E-state index is 13.2. The molecule has 7 nitrogen and oxygen atoms in total. The highest BCUT2D eigenvalue weighted by Crippen LogP contribution is 2.25. The van der Waals surface area contributed by atoms with Gasteiger partial charge < -0.3 is 10.6 Å². The van der Waals surface area contributed by atoms with Crippen LogP contribution in [-0.4, -0.2) is 44.4 Å². The molecule has 3 rings (SSSR count). The molecule has 3 aromatic rings. The molecule has 1 atom stereocenters. The van der Waals surface area contributed by atoms with E-state index in [9.17, 15) is 18.0 Å². The molecule has 0 aliphatic rings. The standard InChI is InChI=1S/C25H27N3O4S/c1-28(33(2,31)32)23(20-13-7-4-8-14-20)25(30)27-22-16-10-9-15-21(22)24(29)26-18-17-19-11-5-3-6-12-19/h3-16,23H,17-18H2,1-2H3,(H,26,29)(H,27,30). The van der Waals surface area contributed by atoms with Gasteiger partial charge in [0.25, 0.3) is 5.91 Å². The highest BCUT2D eigenvalue weighted by atomic mass is 32.2. The van der Waals surface area contributed by atoms with Gasteiger partial charge in [0.15, 0.2) is 0 Å². The summed E-state index contributed by atoms with van der Waals surface area (Å²) < 4.78 is 25.4. The Labute approximate surface area is 194 Å². The van der Waals surface area contributed by atoms with Gasteiger partial charge in [-0.15, -0.1) is 0 Å². The summed E-state index contributed by atoms with van der Waals surface area (Å²) in [4.78, 5) is 26.0. The second-order valence-corrected chi connectivity index (χ2v) is 9.66. The van der Waals surface area contributed by atoms with E-state index < -0.39 is 22.0 Å². The van der Waals surface area contributed by atoms with Gasteiger partial charge in [0.2, 0.25) is 15.9 Å². The van der Waals surface area contributed by atoms with Gasteiger partial charge in [0.1, 0.15) is 6.04 Å². The Morgan fingerprint density at radius 3 is 2.09 bits per heavy atom. The normalized spacial score (nSPS) is 12.2. The van der Waals surface area contributed by atoms with Crippen LogP contribution in [0.2, 0.25) is 0 Å². The van der Waals surface area contributed by atoms with Crippen LogP contribution in [0.4, 0.5) is 5.69 Å². The van der Waals surface area contributed by atoms with Gasteiger partial charge in [0.05, 0.1) is 17.5 Å². The fourth-order valence-corrected chi connectivity index (χ4v) is 4.01. The van der Waals surface area contributed by atoms with E-state index in [-0.39, 0.29) is 5.91 Å². The molecule has 33 heavy (non-hydrogen) atoms. The number of anilines is 1. The number of hydrogen-bond acceptors (Lipinski definition) is 4. The fraction of sp³-hybridized carbons (Fsp3) is 0.200. The first-order chi connectivity index (χ1) is 15.8. The van der Waals surface area contributed by atoms with Crippen molar-refractivity contribution in [2.45, 2.75) is 12.5 Å². The summed E-state index contributed by atoms with van der Waals surface area (Å²) in [7, 11) is -2.30. The monoisotopic (exact) mass is 465 g/mol. The Morgan fingerprint density at radius 1 is 0.879 bits per heavy atom. The molecule has 0 bridgehead atoms. The number of hydrogen-bond donors (Lipinski definition) is 2. The maximum atomic E-state index is 13.2. The number of carbonyl (C=O) groups excluding carboxylic acids is 2. The summed E-state index contributed by atoms with van der Waals surface area (Å²) in [6.07, 6.45) is 1.72. The molecule has 0 spiro atoms. The van der Waals surface area contributed by atoms with Crippen molar-refractivity contribution in [2.24, 2.45) is 0 Å². The molecule has 0 aliphatic carbocycles. The lowest BCUT2D eigenvalue weighted by Crippen LogP contribution is -2.38. The first kappa shape index (κ1) is 24.2. The molecule has 1 unspecified atom stereocenters. The number of para-hydroxylation sites is 1. The van der Waals surface area contributed by atoms with E-state index in [1.807, 2.05) is 30.3 Å². The zero-order valence-corrected chi connectivity index (χ0v) is 19.4. The fourth-order valence-electron chi connectivity index (χ4n) is 3.40. The van der Waals surface area contributed by atoms with Crippen molar-refractivity contribution in [2.75, 3.05) is 25.2 Å². The Balaban J connectivity index is 1.77. The van der Waals surface area contributed by atoms with Gasteiger partial charge in [-0.05, 0) is 29.7 Å². The molecule has 0 fully saturated rings. The molecule has 2 N–H and O–H groups in total. The van der Waals surface area contributed by atoms with E-state index in [1.54, 1.807) is 54.6 Å². The molecular weight excluding hydrogens is 438 g/mol. The van der Waals surface area contributed by atoms with Gasteiger partial charge in [-0.25, -0.2) is 8.42 Å². The van der Waals surface area contributed by atoms with Crippen LogP contribution in [0.5, 0.6) is 0 Å². The highest BCUT2D eigenvalue weighted by Gasteiger charge is 2.31. The smallest absolute Gasteiger partial charge is 0.253 e. The van der Waals surface area contributed by atoms with Crippen LogP contribution >= 0.6 is 0 Å². The summed E-state index contributed by atoms with van der Waals surface area (Å²) in [5, 5.41) is 5.62. The van der Waals surface area contributed by atoms with Crippen LogP contribution < -0.4 is 10.6 Å². The average Bonchev–Trinajstić information content (AvgIpc) is 2.80. The minimum Gasteiger partial charge on any atom is -0.352 e. The third kappa shape index (κ3) is 6.50. The summed E-state index contributed by atoms with van der Waals surface area (Å²) >= 11 is 0. The van der Waals surface area contributed by atoms with E-state index in [0.29, 0.717) is 29.8 Å². The predicted octanol–water partition coefficient (Wildman–Crippen LogP) is 3.23. The van der Waals surface area contributed by atoms with Crippen molar-refractivity contribution in [3.63, 3.8) is 0 Å². The molecule has 0 radical (unpaired) electrons. The number of sulfonamides is 1. The van der Waals surface area contributed by atoms with Crippen LogP contribution in [0.3, 0.4) is 0 Å². The van der Waals surface area contributed by atoms with Gasteiger partial charge in [-0.2, -0.15) is 4.31 Å². The maximum Gasteiger partial charge on any atom is 0.253 e. The van der Waals surface area contributed by atoms with Crippen LogP contribution in [-0.2, 0) is 21.2 Å². The molecule has 0 aromatic heterocycles. The Bertz CT molecular complexity index is 1200. The van der Waals surface area contributed by atoms with Crippen LogP contribution in [0.1, 0.15) is 27.5 Å². The zero-order chi connectivity index (χ0) is 23.8. The topological polar surface area (TPSA) is 95.6 Å². The number of nitrogens with one attached hydrogen (secondary N) is 2. The Morgan fingerprint density at radius 2 is 1.45 bits per heavy atom. The highest BCUT2D eigenvalue weighted by molar-refractivity contribution is 7.88. The van der Waals surface area contributed by atoms with Crippen molar-refractivity contribution in [1.82, 2.24) is 9.62 Å². The van der Waals surface area contributed by atoms with E-state index in [1.165, 1.54) is 7.05 Å². The quantitative estimate of drug-likeness (QED) is 0.507. The average molecular weight is 466 g/mol. The molecular formula is C25H27N3O4S. The number of nitrogens with zero attached hydrogens (tertiary/aromatic N) is 1. The number of amides is 2. The minimum atomic E-state index is -3.66. The number of carbonyl (C=O) groups is 2. The van der Waals surface area contributed by atoms with Crippen molar-refractivity contribution in [3.05, 3.63) is 102 Å². The van der Waals surface area contributed by atoms with Crippen molar-refractivity contribution in [3.8, 4) is 0 Å². The largest absolute Gasteiger partial charge is 0.352 e. The molecule has 0 saturated heterocycles. The van der Waals surface area contributed by atoms with Crippen molar-refractivity contribution < 1.29 is 18.0 Å². The molecule has 172 valence electrons. The number of likely N-dealkylation sites (N-methyl/N-ethyl adjacent to an activating group) is 1. The Kier molecular flexibility index (Phi) is 7.97.